The van der Waals surface area contributed by atoms with E-state index >= 15 is 0 Å². The fourth-order valence-corrected chi connectivity index (χ4v) is 2.83. The lowest BCUT2D eigenvalue weighted by Crippen LogP contribution is -2.34. The normalized spacial score (nSPS) is 20.3. The first-order chi connectivity index (χ1) is 8.61. The molecule has 1 heterocycles. The summed E-state index contributed by atoms with van der Waals surface area (Å²) in [6.45, 7) is 7.62. The Hall–Kier alpha value is -0.930. The number of nitrogen functional groups attached to an aromatic ring is 1. The van der Waals surface area contributed by atoms with E-state index in [4.69, 9.17) is 17.3 Å². The summed E-state index contributed by atoms with van der Waals surface area (Å²) in [5.74, 6) is 0. The van der Waals surface area contributed by atoms with Crippen LogP contribution in [-0.4, -0.2) is 30.6 Å². The van der Waals surface area contributed by atoms with Crippen LogP contribution < -0.4 is 11.1 Å². The van der Waals surface area contributed by atoms with Crippen LogP contribution in [0.5, 0.6) is 0 Å². The number of likely N-dealkylation sites (N-methyl/N-ethyl adjacent to an activating group) is 1. The molecule has 1 saturated heterocycles. The zero-order chi connectivity index (χ0) is 13.1. The van der Waals surface area contributed by atoms with Crippen LogP contribution in [0.4, 0.5) is 11.4 Å². The van der Waals surface area contributed by atoms with Crippen LogP contribution in [0.15, 0.2) is 12.1 Å². The van der Waals surface area contributed by atoms with E-state index in [1.165, 1.54) is 19.4 Å². The van der Waals surface area contributed by atoms with Crippen LogP contribution in [0.2, 0.25) is 5.02 Å². The van der Waals surface area contributed by atoms with Gasteiger partial charge in [0.2, 0.25) is 0 Å². The number of halogens is 1. The average Bonchev–Trinajstić information content (AvgIpc) is 2.79. The number of hydrogen-bond donors (Lipinski definition) is 2. The number of nitrogens with one attached hydrogen (secondary N) is 1. The molecule has 1 aliphatic rings. The molecular weight excluding hydrogens is 246 g/mol. The van der Waals surface area contributed by atoms with Gasteiger partial charge in [0.1, 0.15) is 0 Å². The number of likely N-dealkylation sites (tertiary alicyclic amines) is 1. The molecule has 1 aromatic rings. The van der Waals surface area contributed by atoms with Gasteiger partial charge < -0.3 is 11.1 Å². The molecular formula is C14H22ClN3. The molecule has 1 fully saturated rings. The van der Waals surface area contributed by atoms with Gasteiger partial charge in [0, 0.05) is 18.3 Å². The van der Waals surface area contributed by atoms with Crippen molar-refractivity contribution in [2.75, 3.05) is 30.7 Å². The maximum Gasteiger partial charge on any atom is 0.0656 e. The second-order valence-corrected chi connectivity index (χ2v) is 5.40. The SMILES string of the molecule is CCN1CCCC1CNc1cc(Cl)c(N)cc1C. The van der Waals surface area contributed by atoms with Gasteiger partial charge in [0.25, 0.3) is 0 Å². The summed E-state index contributed by atoms with van der Waals surface area (Å²) < 4.78 is 0. The van der Waals surface area contributed by atoms with Gasteiger partial charge in [-0.1, -0.05) is 18.5 Å². The van der Waals surface area contributed by atoms with Crippen molar-refractivity contribution in [1.82, 2.24) is 4.90 Å². The van der Waals surface area contributed by atoms with Gasteiger partial charge in [-0.05, 0) is 50.6 Å². The summed E-state index contributed by atoms with van der Waals surface area (Å²) in [5.41, 5.74) is 8.68. The summed E-state index contributed by atoms with van der Waals surface area (Å²) in [7, 11) is 0. The molecule has 18 heavy (non-hydrogen) atoms. The van der Waals surface area contributed by atoms with Crippen LogP contribution in [0.25, 0.3) is 0 Å². The first kappa shape index (κ1) is 13.5. The molecule has 1 atom stereocenters. The number of hydrogen-bond acceptors (Lipinski definition) is 3. The molecule has 2 rings (SSSR count). The van der Waals surface area contributed by atoms with Gasteiger partial charge in [-0.2, -0.15) is 0 Å². The molecule has 1 unspecified atom stereocenters. The van der Waals surface area contributed by atoms with E-state index in [1.807, 2.05) is 12.1 Å². The lowest BCUT2D eigenvalue weighted by molar-refractivity contribution is 0.277. The highest BCUT2D eigenvalue weighted by Crippen LogP contribution is 2.27. The van der Waals surface area contributed by atoms with Crippen molar-refractivity contribution in [3.8, 4) is 0 Å². The summed E-state index contributed by atoms with van der Waals surface area (Å²) in [5, 5.41) is 4.13. The number of nitrogens with two attached hydrogens (primary N) is 1. The van der Waals surface area contributed by atoms with E-state index in [1.54, 1.807) is 0 Å². The number of aryl methyl sites for hydroxylation is 1. The molecule has 1 aromatic carbocycles. The van der Waals surface area contributed by atoms with Gasteiger partial charge in [-0.3, -0.25) is 4.90 Å². The lowest BCUT2D eigenvalue weighted by Gasteiger charge is -2.24. The van der Waals surface area contributed by atoms with Crippen LogP contribution in [0.1, 0.15) is 25.3 Å². The number of anilines is 2. The first-order valence-corrected chi connectivity index (χ1v) is 7.03. The second-order valence-electron chi connectivity index (χ2n) is 4.99. The fourth-order valence-electron chi connectivity index (χ4n) is 2.66. The Balaban J connectivity index is 2.00. The van der Waals surface area contributed by atoms with Crippen molar-refractivity contribution in [3.63, 3.8) is 0 Å². The molecule has 0 amide bonds. The van der Waals surface area contributed by atoms with Crippen molar-refractivity contribution < 1.29 is 0 Å². The standard InChI is InChI=1S/C14H22ClN3/c1-3-18-6-4-5-11(18)9-17-14-8-12(15)13(16)7-10(14)2/h7-8,11,17H,3-6,9,16H2,1-2H3. The molecule has 3 N–H and O–H groups in total. The van der Waals surface area contributed by atoms with Crippen LogP contribution in [0.3, 0.4) is 0 Å². The smallest absolute Gasteiger partial charge is 0.0656 e. The number of benzene rings is 1. The average molecular weight is 268 g/mol. The summed E-state index contributed by atoms with van der Waals surface area (Å²) in [6.07, 6.45) is 2.59. The quantitative estimate of drug-likeness (QED) is 0.824. The predicted octanol–water partition coefficient (Wildman–Crippen LogP) is 3.13. The minimum atomic E-state index is 0.627. The van der Waals surface area contributed by atoms with Gasteiger partial charge in [0.15, 0.2) is 0 Å². The maximum absolute atomic E-state index is 6.06. The van der Waals surface area contributed by atoms with Gasteiger partial charge in [-0.25, -0.2) is 0 Å². The monoisotopic (exact) mass is 267 g/mol. The van der Waals surface area contributed by atoms with Crippen molar-refractivity contribution in [2.24, 2.45) is 0 Å². The number of rotatable bonds is 4. The zero-order valence-corrected chi connectivity index (χ0v) is 11.9. The molecule has 0 aliphatic carbocycles. The second kappa shape index (κ2) is 5.81. The maximum atomic E-state index is 6.06. The minimum Gasteiger partial charge on any atom is -0.398 e. The molecule has 0 radical (unpaired) electrons. The third-order valence-electron chi connectivity index (χ3n) is 3.78. The minimum absolute atomic E-state index is 0.627. The van der Waals surface area contributed by atoms with Crippen molar-refractivity contribution in [1.29, 1.82) is 0 Å². The fraction of sp³-hybridized carbons (Fsp3) is 0.571. The Morgan fingerprint density at radius 1 is 1.50 bits per heavy atom. The first-order valence-electron chi connectivity index (χ1n) is 6.65. The van der Waals surface area contributed by atoms with Gasteiger partial charge in [0.05, 0.1) is 10.7 Å². The van der Waals surface area contributed by atoms with E-state index in [0.717, 1.165) is 24.3 Å². The van der Waals surface area contributed by atoms with Gasteiger partial charge in [-0.15, -0.1) is 0 Å². The molecule has 0 saturated carbocycles. The van der Waals surface area contributed by atoms with E-state index in [0.29, 0.717) is 16.8 Å². The van der Waals surface area contributed by atoms with Crippen LogP contribution in [-0.2, 0) is 0 Å². The molecule has 3 nitrogen and oxygen atoms in total. The lowest BCUT2D eigenvalue weighted by atomic mass is 10.1. The third kappa shape index (κ3) is 2.90. The Bertz CT molecular complexity index is 420. The summed E-state index contributed by atoms with van der Waals surface area (Å²) in [6, 6.07) is 4.50. The molecule has 0 aromatic heterocycles. The highest BCUT2D eigenvalue weighted by atomic mass is 35.5. The highest BCUT2D eigenvalue weighted by molar-refractivity contribution is 6.33. The Labute approximate surface area is 114 Å². The molecule has 0 bridgehead atoms. The van der Waals surface area contributed by atoms with Crippen molar-refractivity contribution in [3.05, 3.63) is 22.7 Å². The van der Waals surface area contributed by atoms with Crippen molar-refractivity contribution in [2.45, 2.75) is 32.7 Å². The van der Waals surface area contributed by atoms with Gasteiger partial charge >= 0.3 is 0 Å². The highest BCUT2D eigenvalue weighted by Gasteiger charge is 2.22. The molecule has 4 heteroatoms. The number of nitrogens with zero attached hydrogens (tertiary/aromatic N) is 1. The van der Waals surface area contributed by atoms with Crippen molar-refractivity contribution >= 4 is 23.0 Å². The molecule has 1 aliphatic heterocycles. The predicted molar refractivity (Wildman–Crippen MR) is 79.4 cm³/mol. The van der Waals surface area contributed by atoms with E-state index in [9.17, 15) is 0 Å². The summed E-state index contributed by atoms with van der Waals surface area (Å²) >= 11 is 6.06. The van der Waals surface area contributed by atoms with E-state index < -0.39 is 0 Å². The molecule has 100 valence electrons. The topological polar surface area (TPSA) is 41.3 Å². The van der Waals surface area contributed by atoms with Crippen LogP contribution >= 0.6 is 11.6 Å². The Morgan fingerprint density at radius 2 is 2.28 bits per heavy atom. The summed E-state index contributed by atoms with van der Waals surface area (Å²) in [4.78, 5) is 2.53. The van der Waals surface area contributed by atoms with E-state index in [-0.39, 0.29) is 0 Å². The zero-order valence-electron chi connectivity index (χ0n) is 11.2. The largest absolute Gasteiger partial charge is 0.398 e. The Kier molecular flexibility index (Phi) is 4.36. The Morgan fingerprint density at radius 3 is 3.00 bits per heavy atom. The molecule has 0 spiro atoms. The third-order valence-corrected chi connectivity index (χ3v) is 4.10. The van der Waals surface area contributed by atoms with Crippen LogP contribution in [0, 0.1) is 6.92 Å². The van der Waals surface area contributed by atoms with E-state index in [2.05, 4.69) is 24.1 Å².